The first-order valence-electron chi connectivity index (χ1n) is 6.86. The molecular weight excluding hydrogens is 234 g/mol. The second kappa shape index (κ2) is 3.84. The van der Waals surface area contributed by atoms with E-state index in [4.69, 9.17) is 4.74 Å². The quantitative estimate of drug-likeness (QED) is 0.703. The zero-order valence-corrected chi connectivity index (χ0v) is 11.2. The van der Waals surface area contributed by atoms with E-state index in [0.717, 1.165) is 0 Å². The predicted octanol–water partition coefficient (Wildman–Crippen LogP) is 4.01. The summed E-state index contributed by atoms with van der Waals surface area (Å²) >= 11 is 0. The molecule has 0 radical (unpaired) electrons. The van der Waals surface area contributed by atoms with Gasteiger partial charge in [0.1, 0.15) is 0 Å². The lowest BCUT2D eigenvalue weighted by atomic mass is 9.83. The predicted molar refractivity (Wildman–Crippen MR) is 78.2 cm³/mol. The largest absolute Gasteiger partial charge is 0.366 e. The molecule has 1 aromatic heterocycles. The summed E-state index contributed by atoms with van der Waals surface area (Å²) in [6.07, 6.45) is 7.12. The van der Waals surface area contributed by atoms with E-state index in [0.29, 0.717) is 5.92 Å². The number of fused-ring (bicyclic) bond motifs is 5. The van der Waals surface area contributed by atoms with Crippen LogP contribution in [0.1, 0.15) is 31.0 Å². The molecule has 1 aliphatic carbocycles. The molecule has 1 N–H and O–H groups in total. The number of aromatic nitrogens is 1. The molecular formula is C17H17NO. The summed E-state index contributed by atoms with van der Waals surface area (Å²) in [5.74, 6) is 0.323. The molecule has 0 saturated heterocycles. The summed E-state index contributed by atoms with van der Waals surface area (Å²) in [4.78, 5) is 3.57. The Morgan fingerprint density at radius 3 is 2.89 bits per heavy atom. The van der Waals surface area contributed by atoms with Crippen LogP contribution in [0.5, 0.6) is 0 Å². The van der Waals surface area contributed by atoms with Gasteiger partial charge >= 0.3 is 0 Å². The number of aromatic amines is 1. The van der Waals surface area contributed by atoms with Crippen LogP contribution in [0.15, 0.2) is 42.0 Å². The van der Waals surface area contributed by atoms with Crippen LogP contribution < -0.4 is 0 Å². The van der Waals surface area contributed by atoms with Gasteiger partial charge in [0.15, 0.2) is 0 Å². The highest BCUT2D eigenvalue weighted by atomic mass is 16.5. The van der Waals surface area contributed by atoms with Crippen molar-refractivity contribution in [1.29, 1.82) is 0 Å². The lowest BCUT2D eigenvalue weighted by Gasteiger charge is -2.34. The minimum absolute atomic E-state index is 0.181. The number of H-pyrrole nitrogens is 1. The maximum absolute atomic E-state index is 6.08. The standard InChI is InChI=1S/C17H17NO/c1-10-9-14-12-5-3-4-6-15(12)18-16(14)13-8-7-11(2)19-17(10)13/h3-9,11,13,17-18H,1-2H3/t11-,13+,17+/m0/s1. The highest BCUT2D eigenvalue weighted by molar-refractivity contribution is 5.92. The number of benzene rings is 1. The van der Waals surface area contributed by atoms with Crippen LogP contribution in [0.2, 0.25) is 0 Å². The van der Waals surface area contributed by atoms with Gasteiger partial charge in [-0.2, -0.15) is 0 Å². The van der Waals surface area contributed by atoms with Gasteiger partial charge in [0.2, 0.25) is 0 Å². The van der Waals surface area contributed by atoms with E-state index in [1.165, 1.54) is 27.7 Å². The van der Waals surface area contributed by atoms with Crippen molar-refractivity contribution in [2.45, 2.75) is 32.0 Å². The SMILES string of the molecule is CC1=Cc2c([nH]c3ccccc23)[C@H]2C=C[C@H](C)O[C@H]12. The number of para-hydroxylation sites is 1. The minimum Gasteiger partial charge on any atom is -0.366 e. The Labute approximate surface area is 112 Å². The number of hydrogen-bond donors (Lipinski definition) is 1. The third kappa shape index (κ3) is 1.53. The lowest BCUT2D eigenvalue weighted by Crippen LogP contribution is -2.32. The molecule has 2 nitrogen and oxygen atoms in total. The Balaban J connectivity index is 1.98. The van der Waals surface area contributed by atoms with Gasteiger partial charge in [0, 0.05) is 28.1 Å². The van der Waals surface area contributed by atoms with Gasteiger partial charge in [0.05, 0.1) is 12.2 Å². The van der Waals surface area contributed by atoms with Crippen molar-refractivity contribution in [2.75, 3.05) is 0 Å². The van der Waals surface area contributed by atoms with Crippen molar-refractivity contribution in [3.8, 4) is 0 Å². The maximum atomic E-state index is 6.08. The van der Waals surface area contributed by atoms with Gasteiger partial charge in [-0.15, -0.1) is 0 Å². The average molecular weight is 251 g/mol. The number of hydrogen-bond acceptors (Lipinski definition) is 1. The molecule has 0 spiro atoms. The summed E-state index contributed by atoms with van der Waals surface area (Å²) in [5.41, 5.74) is 5.15. The Kier molecular flexibility index (Phi) is 2.24. The molecule has 96 valence electrons. The van der Waals surface area contributed by atoms with E-state index in [9.17, 15) is 0 Å². The van der Waals surface area contributed by atoms with Crippen molar-refractivity contribution in [1.82, 2.24) is 4.98 Å². The molecule has 2 heteroatoms. The summed E-state index contributed by atoms with van der Waals surface area (Å²) in [5, 5.41) is 1.31. The van der Waals surface area contributed by atoms with Crippen molar-refractivity contribution in [2.24, 2.45) is 0 Å². The van der Waals surface area contributed by atoms with Crippen LogP contribution in [0.3, 0.4) is 0 Å². The second-order valence-electron chi connectivity index (χ2n) is 5.56. The monoisotopic (exact) mass is 251 g/mol. The molecule has 2 aromatic rings. The van der Waals surface area contributed by atoms with Gasteiger partial charge in [-0.05, 0) is 25.5 Å². The minimum atomic E-state index is 0.181. The van der Waals surface area contributed by atoms with E-state index in [-0.39, 0.29) is 12.2 Å². The number of nitrogens with one attached hydrogen (secondary N) is 1. The first-order chi connectivity index (χ1) is 9.24. The van der Waals surface area contributed by atoms with Crippen LogP contribution in [0.25, 0.3) is 17.0 Å². The average Bonchev–Trinajstić information content (AvgIpc) is 2.78. The zero-order chi connectivity index (χ0) is 13.0. The third-order valence-corrected chi connectivity index (χ3v) is 4.21. The van der Waals surface area contributed by atoms with E-state index in [2.05, 4.69) is 61.3 Å². The fraction of sp³-hybridized carbons (Fsp3) is 0.294. The Morgan fingerprint density at radius 2 is 2.00 bits per heavy atom. The highest BCUT2D eigenvalue weighted by Crippen LogP contribution is 2.41. The second-order valence-corrected chi connectivity index (χ2v) is 5.56. The van der Waals surface area contributed by atoms with E-state index in [1.54, 1.807) is 0 Å². The fourth-order valence-electron chi connectivity index (χ4n) is 3.29. The van der Waals surface area contributed by atoms with Crippen LogP contribution in [-0.4, -0.2) is 17.2 Å². The van der Waals surface area contributed by atoms with Gasteiger partial charge in [-0.3, -0.25) is 0 Å². The summed E-state index contributed by atoms with van der Waals surface area (Å²) in [7, 11) is 0. The first kappa shape index (κ1) is 11.1. The highest BCUT2D eigenvalue weighted by Gasteiger charge is 2.34. The zero-order valence-electron chi connectivity index (χ0n) is 11.2. The molecule has 3 atom stereocenters. The van der Waals surface area contributed by atoms with Crippen molar-refractivity contribution >= 4 is 17.0 Å². The van der Waals surface area contributed by atoms with Gasteiger partial charge in [-0.25, -0.2) is 0 Å². The number of ether oxygens (including phenoxy) is 1. The molecule has 4 rings (SSSR count). The van der Waals surface area contributed by atoms with Gasteiger partial charge in [-0.1, -0.05) is 36.4 Å². The van der Waals surface area contributed by atoms with Gasteiger partial charge in [0.25, 0.3) is 0 Å². The lowest BCUT2D eigenvalue weighted by molar-refractivity contribution is 0.0259. The fourth-order valence-corrected chi connectivity index (χ4v) is 3.29. The van der Waals surface area contributed by atoms with Crippen LogP contribution in [-0.2, 0) is 4.74 Å². The third-order valence-electron chi connectivity index (χ3n) is 4.21. The Bertz CT molecular complexity index is 707. The molecule has 19 heavy (non-hydrogen) atoms. The van der Waals surface area contributed by atoms with Gasteiger partial charge < -0.3 is 9.72 Å². The topological polar surface area (TPSA) is 25.0 Å². The summed E-state index contributed by atoms with van der Waals surface area (Å²) < 4.78 is 6.08. The normalized spacial score (nSPS) is 28.9. The molecule has 1 aliphatic heterocycles. The summed E-state index contributed by atoms with van der Waals surface area (Å²) in [6, 6.07) is 8.50. The van der Waals surface area contributed by atoms with Crippen molar-refractivity contribution < 1.29 is 4.74 Å². The molecule has 2 aliphatic rings. The van der Waals surface area contributed by atoms with E-state index in [1.807, 2.05) is 0 Å². The summed E-state index contributed by atoms with van der Waals surface area (Å²) in [6.45, 7) is 4.27. The van der Waals surface area contributed by atoms with E-state index >= 15 is 0 Å². The maximum Gasteiger partial charge on any atom is 0.0911 e. The molecule has 0 fully saturated rings. The molecule has 0 amide bonds. The van der Waals surface area contributed by atoms with Crippen molar-refractivity contribution in [3.63, 3.8) is 0 Å². The number of rotatable bonds is 0. The van der Waals surface area contributed by atoms with Crippen molar-refractivity contribution in [3.05, 3.63) is 53.2 Å². The Morgan fingerprint density at radius 1 is 1.16 bits per heavy atom. The van der Waals surface area contributed by atoms with E-state index < -0.39 is 0 Å². The molecule has 0 unspecified atom stereocenters. The first-order valence-corrected chi connectivity index (χ1v) is 6.86. The molecule has 0 bridgehead atoms. The van der Waals surface area contributed by atoms with Crippen LogP contribution >= 0.6 is 0 Å². The Hall–Kier alpha value is -1.80. The molecule has 0 saturated carbocycles. The smallest absolute Gasteiger partial charge is 0.0911 e. The molecule has 2 heterocycles. The van der Waals surface area contributed by atoms with Crippen LogP contribution in [0, 0.1) is 0 Å². The van der Waals surface area contributed by atoms with Crippen LogP contribution in [0.4, 0.5) is 0 Å². The molecule has 1 aromatic carbocycles.